The summed E-state index contributed by atoms with van der Waals surface area (Å²) in [5, 5.41) is 0. The van der Waals surface area contributed by atoms with Crippen molar-refractivity contribution < 1.29 is 23.9 Å². The second-order valence-corrected chi connectivity index (χ2v) is 7.97. The zero-order chi connectivity index (χ0) is 22.5. The molecule has 1 aliphatic rings. The van der Waals surface area contributed by atoms with Crippen LogP contribution in [0.2, 0.25) is 0 Å². The Morgan fingerprint density at radius 1 is 1.13 bits per heavy atom. The Bertz CT molecular complexity index is 968. The van der Waals surface area contributed by atoms with Gasteiger partial charge >= 0.3 is 11.9 Å². The van der Waals surface area contributed by atoms with Gasteiger partial charge in [0, 0.05) is 19.8 Å². The van der Waals surface area contributed by atoms with E-state index in [0.717, 1.165) is 30.4 Å². The number of hydrogen-bond donors (Lipinski definition) is 1. The number of esters is 2. The second kappa shape index (κ2) is 9.64. The van der Waals surface area contributed by atoms with E-state index in [-0.39, 0.29) is 24.4 Å². The number of anilines is 1. The molecule has 2 unspecified atom stereocenters. The third-order valence-electron chi connectivity index (χ3n) is 5.62. The van der Waals surface area contributed by atoms with Crippen molar-refractivity contribution in [2.75, 3.05) is 26.4 Å². The Labute approximate surface area is 182 Å². The molecule has 1 amide bonds. The zero-order valence-electron chi connectivity index (χ0n) is 18.1. The molecule has 0 aromatic heterocycles. The number of hydrogen-bond acceptors (Lipinski definition) is 6. The average Bonchev–Trinajstić information content (AvgIpc) is 2.77. The van der Waals surface area contributed by atoms with Crippen molar-refractivity contribution in [2.45, 2.75) is 38.0 Å². The number of carbonyl (C=O) groups is 3. The average molecular weight is 424 g/mol. The van der Waals surface area contributed by atoms with Crippen molar-refractivity contribution in [2.24, 2.45) is 0 Å². The Kier molecular flexibility index (Phi) is 6.95. The van der Waals surface area contributed by atoms with Crippen LogP contribution in [0.1, 0.15) is 48.3 Å². The van der Waals surface area contributed by atoms with E-state index in [1.165, 1.54) is 4.90 Å². The van der Waals surface area contributed by atoms with Crippen molar-refractivity contribution in [1.29, 1.82) is 0 Å². The van der Waals surface area contributed by atoms with Gasteiger partial charge in [-0.2, -0.15) is 0 Å². The monoisotopic (exact) mass is 424 g/mol. The Hall–Kier alpha value is -3.35. The summed E-state index contributed by atoms with van der Waals surface area (Å²) in [7, 11) is 3.20. The molecule has 0 radical (unpaired) electrons. The zero-order valence-corrected chi connectivity index (χ0v) is 18.1. The number of nitrogens with two attached hydrogens (primary N) is 1. The Balaban J connectivity index is 1.62. The van der Waals surface area contributed by atoms with Crippen LogP contribution in [0.25, 0.3) is 0 Å². The van der Waals surface area contributed by atoms with E-state index < -0.39 is 11.9 Å². The molecule has 0 saturated carbocycles. The maximum atomic E-state index is 12.8. The summed E-state index contributed by atoms with van der Waals surface area (Å²) in [4.78, 5) is 37.9. The van der Waals surface area contributed by atoms with E-state index in [9.17, 15) is 14.4 Å². The standard InChI is InChI=1S/C24H28N2O5/c1-15(23(28)30-14-22(27)26(2)3)16-10-12-17(13-11-16)31-24(29)20-8-4-7-19-18(20)6-5-9-21(19)25/h5-6,9-13,15,20H,4,7-8,14,25H2,1-3H3. The molecule has 2 N–H and O–H groups in total. The van der Waals surface area contributed by atoms with Gasteiger partial charge < -0.3 is 20.1 Å². The van der Waals surface area contributed by atoms with Gasteiger partial charge in [0.2, 0.25) is 0 Å². The maximum absolute atomic E-state index is 12.8. The molecular weight excluding hydrogens is 396 g/mol. The number of amides is 1. The first-order valence-corrected chi connectivity index (χ1v) is 10.3. The van der Waals surface area contributed by atoms with Gasteiger partial charge in [-0.1, -0.05) is 24.3 Å². The van der Waals surface area contributed by atoms with Crippen LogP contribution in [0.15, 0.2) is 42.5 Å². The van der Waals surface area contributed by atoms with Crippen LogP contribution in [0.5, 0.6) is 5.75 Å². The number of benzene rings is 2. The fourth-order valence-corrected chi connectivity index (χ4v) is 3.66. The summed E-state index contributed by atoms with van der Waals surface area (Å²) in [6, 6.07) is 12.4. The van der Waals surface area contributed by atoms with Gasteiger partial charge in [0.05, 0.1) is 11.8 Å². The highest BCUT2D eigenvalue weighted by molar-refractivity contribution is 5.83. The Morgan fingerprint density at radius 2 is 1.84 bits per heavy atom. The number of ether oxygens (including phenoxy) is 2. The van der Waals surface area contributed by atoms with Crippen LogP contribution in [0.4, 0.5) is 5.69 Å². The fourth-order valence-electron chi connectivity index (χ4n) is 3.66. The lowest BCUT2D eigenvalue weighted by Crippen LogP contribution is -2.28. The minimum absolute atomic E-state index is 0.283. The molecule has 0 fully saturated rings. The molecular formula is C24H28N2O5. The van der Waals surface area contributed by atoms with Crippen molar-refractivity contribution in [1.82, 2.24) is 4.90 Å². The molecule has 164 valence electrons. The van der Waals surface area contributed by atoms with Gasteiger partial charge in [-0.25, -0.2) is 0 Å². The van der Waals surface area contributed by atoms with Gasteiger partial charge in [0.1, 0.15) is 5.75 Å². The smallest absolute Gasteiger partial charge is 0.318 e. The number of rotatable bonds is 6. The molecule has 3 rings (SSSR count). The van der Waals surface area contributed by atoms with Gasteiger partial charge in [-0.3, -0.25) is 14.4 Å². The lowest BCUT2D eigenvalue weighted by molar-refractivity contribution is -0.152. The SMILES string of the molecule is CC(C(=O)OCC(=O)N(C)C)c1ccc(OC(=O)C2CCCc3c(N)cccc32)cc1. The molecule has 31 heavy (non-hydrogen) atoms. The van der Waals surface area contributed by atoms with E-state index in [1.54, 1.807) is 45.3 Å². The third kappa shape index (κ3) is 5.23. The highest BCUT2D eigenvalue weighted by Gasteiger charge is 2.29. The van der Waals surface area contributed by atoms with Gasteiger partial charge in [0.15, 0.2) is 6.61 Å². The molecule has 1 aliphatic carbocycles. The van der Waals surface area contributed by atoms with E-state index in [4.69, 9.17) is 15.2 Å². The van der Waals surface area contributed by atoms with Gasteiger partial charge in [0.25, 0.3) is 5.91 Å². The topological polar surface area (TPSA) is 98.9 Å². The predicted molar refractivity (Wildman–Crippen MR) is 117 cm³/mol. The van der Waals surface area contributed by atoms with E-state index in [1.807, 2.05) is 18.2 Å². The molecule has 0 spiro atoms. The number of likely N-dealkylation sites (N-methyl/N-ethyl adjacent to an activating group) is 1. The summed E-state index contributed by atoms with van der Waals surface area (Å²) in [5.41, 5.74) is 9.46. The molecule has 2 aromatic carbocycles. The third-order valence-corrected chi connectivity index (χ3v) is 5.62. The summed E-state index contributed by atoms with van der Waals surface area (Å²) < 4.78 is 10.7. The fraction of sp³-hybridized carbons (Fsp3) is 0.375. The molecule has 0 heterocycles. The van der Waals surface area contributed by atoms with Crippen LogP contribution in [0, 0.1) is 0 Å². The highest BCUT2D eigenvalue weighted by Crippen LogP contribution is 2.35. The predicted octanol–water partition coefficient (Wildman–Crippen LogP) is 3.03. The number of nitrogen functional groups attached to an aromatic ring is 1. The maximum Gasteiger partial charge on any atom is 0.318 e. The molecule has 2 atom stereocenters. The van der Waals surface area contributed by atoms with Crippen molar-refractivity contribution >= 4 is 23.5 Å². The van der Waals surface area contributed by atoms with Crippen molar-refractivity contribution in [3.05, 3.63) is 59.2 Å². The van der Waals surface area contributed by atoms with Gasteiger partial charge in [-0.05, 0) is 61.1 Å². The summed E-state index contributed by atoms with van der Waals surface area (Å²) >= 11 is 0. The van der Waals surface area contributed by atoms with E-state index in [2.05, 4.69) is 0 Å². The Morgan fingerprint density at radius 3 is 2.52 bits per heavy atom. The largest absolute Gasteiger partial charge is 0.455 e. The normalized spacial score (nSPS) is 16.0. The quantitative estimate of drug-likeness (QED) is 0.435. The van der Waals surface area contributed by atoms with Crippen LogP contribution >= 0.6 is 0 Å². The van der Waals surface area contributed by atoms with Gasteiger partial charge in [-0.15, -0.1) is 0 Å². The molecule has 7 heteroatoms. The highest BCUT2D eigenvalue weighted by atomic mass is 16.5. The first-order valence-electron chi connectivity index (χ1n) is 10.3. The molecule has 2 aromatic rings. The number of carbonyl (C=O) groups excluding carboxylic acids is 3. The second-order valence-electron chi connectivity index (χ2n) is 7.97. The first kappa shape index (κ1) is 22.3. The minimum atomic E-state index is -0.548. The van der Waals surface area contributed by atoms with E-state index in [0.29, 0.717) is 17.0 Å². The first-order chi connectivity index (χ1) is 14.8. The number of fused-ring (bicyclic) bond motifs is 1. The molecule has 0 aliphatic heterocycles. The van der Waals surface area contributed by atoms with Crippen LogP contribution in [-0.4, -0.2) is 43.4 Å². The molecule has 0 bridgehead atoms. The summed E-state index contributed by atoms with van der Waals surface area (Å²) in [6.45, 7) is 1.41. The number of nitrogens with zero attached hydrogens (tertiary/aromatic N) is 1. The van der Waals surface area contributed by atoms with Crippen molar-refractivity contribution in [3.8, 4) is 5.75 Å². The minimum Gasteiger partial charge on any atom is -0.455 e. The molecule has 0 saturated heterocycles. The van der Waals surface area contributed by atoms with E-state index >= 15 is 0 Å². The lowest BCUT2D eigenvalue weighted by Gasteiger charge is -2.25. The van der Waals surface area contributed by atoms with Crippen LogP contribution in [-0.2, 0) is 25.5 Å². The van der Waals surface area contributed by atoms with Crippen LogP contribution < -0.4 is 10.5 Å². The summed E-state index contributed by atoms with van der Waals surface area (Å²) in [5.74, 6) is -1.56. The summed E-state index contributed by atoms with van der Waals surface area (Å²) in [6.07, 6.45) is 2.48. The van der Waals surface area contributed by atoms with Crippen molar-refractivity contribution in [3.63, 3.8) is 0 Å². The molecule has 7 nitrogen and oxygen atoms in total. The van der Waals surface area contributed by atoms with Crippen LogP contribution in [0.3, 0.4) is 0 Å². The lowest BCUT2D eigenvalue weighted by atomic mass is 9.82.